The number of amides is 1. The van der Waals surface area contributed by atoms with Gasteiger partial charge in [-0.1, -0.05) is 54.1 Å². The molecule has 132 valence electrons. The van der Waals surface area contributed by atoms with Crippen LogP contribution in [-0.2, 0) is 11.3 Å². The van der Waals surface area contributed by atoms with Gasteiger partial charge in [0.2, 0.25) is 5.91 Å². The van der Waals surface area contributed by atoms with Crippen LogP contribution in [0.4, 0.5) is 0 Å². The first-order valence-electron chi connectivity index (χ1n) is 8.56. The zero-order valence-electron chi connectivity index (χ0n) is 14.3. The van der Waals surface area contributed by atoms with Crippen molar-refractivity contribution in [2.75, 3.05) is 13.1 Å². The molecule has 1 aliphatic heterocycles. The molecular weight excluding hydrogens is 336 g/mol. The summed E-state index contributed by atoms with van der Waals surface area (Å²) < 4.78 is 0. The van der Waals surface area contributed by atoms with Crippen molar-refractivity contribution >= 4 is 17.5 Å². The van der Waals surface area contributed by atoms with Crippen molar-refractivity contribution in [2.45, 2.75) is 32.0 Å². The van der Waals surface area contributed by atoms with Gasteiger partial charge in [-0.25, -0.2) is 0 Å². The quantitative estimate of drug-likeness (QED) is 0.880. The third kappa shape index (κ3) is 4.40. The number of fused-ring (bicyclic) bond motifs is 1. The molecule has 4 nitrogen and oxygen atoms in total. The summed E-state index contributed by atoms with van der Waals surface area (Å²) in [5.41, 5.74) is 2.96. The van der Waals surface area contributed by atoms with Crippen LogP contribution in [-0.4, -0.2) is 29.0 Å². The molecule has 2 atom stereocenters. The topological polar surface area (TPSA) is 52.6 Å². The molecule has 2 aromatic rings. The summed E-state index contributed by atoms with van der Waals surface area (Å²) in [6.07, 6.45) is 0.163. The summed E-state index contributed by atoms with van der Waals surface area (Å²) >= 11 is 6.20. The minimum Gasteiger partial charge on any atom is -0.388 e. The fourth-order valence-electron chi connectivity index (χ4n) is 3.31. The van der Waals surface area contributed by atoms with Gasteiger partial charge in [0.15, 0.2) is 0 Å². The van der Waals surface area contributed by atoms with Gasteiger partial charge < -0.3 is 10.4 Å². The minimum atomic E-state index is -0.466. The molecule has 0 saturated carbocycles. The Morgan fingerprint density at radius 1 is 1.28 bits per heavy atom. The Bertz CT molecular complexity index is 750. The Balaban J connectivity index is 1.63. The Kier molecular flexibility index (Phi) is 5.74. The molecule has 0 aliphatic carbocycles. The molecule has 1 aliphatic rings. The number of nitrogens with one attached hydrogen (secondary N) is 1. The van der Waals surface area contributed by atoms with Crippen LogP contribution in [0.2, 0.25) is 5.02 Å². The lowest BCUT2D eigenvalue weighted by Gasteiger charge is -2.22. The molecule has 0 saturated heterocycles. The number of benzene rings is 2. The third-order valence-electron chi connectivity index (χ3n) is 4.64. The van der Waals surface area contributed by atoms with Crippen LogP contribution in [0.1, 0.15) is 42.2 Å². The summed E-state index contributed by atoms with van der Waals surface area (Å²) in [5, 5.41) is 13.9. The first-order chi connectivity index (χ1) is 12.0. The van der Waals surface area contributed by atoms with E-state index in [1.165, 1.54) is 0 Å². The fourth-order valence-corrected chi connectivity index (χ4v) is 3.61. The standard InChI is InChI=1S/C20H23ClN2O2/c1-14(16-7-4-5-9-18(16)21)22-20(25)13-23-11-10-19(24)17-8-3-2-6-15(17)12-23/h2-9,14,19,24H,10-13H2,1H3,(H,22,25)/t14-,19+/m0/s1. The van der Waals surface area contributed by atoms with Crippen molar-refractivity contribution in [1.82, 2.24) is 10.2 Å². The van der Waals surface area contributed by atoms with Crippen molar-refractivity contribution < 1.29 is 9.90 Å². The van der Waals surface area contributed by atoms with E-state index < -0.39 is 6.10 Å². The lowest BCUT2D eigenvalue weighted by Crippen LogP contribution is -2.38. The van der Waals surface area contributed by atoms with E-state index in [2.05, 4.69) is 10.2 Å². The molecule has 0 spiro atoms. The molecule has 1 amide bonds. The number of nitrogens with zero attached hydrogens (tertiary/aromatic N) is 1. The van der Waals surface area contributed by atoms with E-state index in [9.17, 15) is 9.90 Å². The highest BCUT2D eigenvalue weighted by molar-refractivity contribution is 6.31. The highest BCUT2D eigenvalue weighted by Crippen LogP contribution is 2.26. The minimum absolute atomic E-state index is 0.0405. The van der Waals surface area contributed by atoms with E-state index in [-0.39, 0.29) is 11.9 Å². The largest absolute Gasteiger partial charge is 0.388 e. The highest BCUT2D eigenvalue weighted by Gasteiger charge is 2.22. The highest BCUT2D eigenvalue weighted by atomic mass is 35.5. The molecule has 3 rings (SSSR count). The van der Waals surface area contributed by atoms with Crippen LogP contribution in [0.15, 0.2) is 48.5 Å². The molecule has 2 aromatic carbocycles. The van der Waals surface area contributed by atoms with Gasteiger partial charge in [-0.15, -0.1) is 0 Å². The number of carbonyl (C=O) groups excluding carboxylic acids is 1. The summed E-state index contributed by atoms with van der Waals surface area (Å²) in [6.45, 7) is 3.58. The summed E-state index contributed by atoms with van der Waals surface area (Å²) in [5.74, 6) is -0.0405. The number of hydrogen-bond donors (Lipinski definition) is 2. The van der Waals surface area contributed by atoms with Gasteiger partial charge in [0, 0.05) is 18.1 Å². The molecule has 0 fully saturated rings. The van der Waals surface area contributed by atoms with Crippen molar-refractivity contribution in [3.63, 3.8) is 0 Å². The van der Waals surface area contributed by atoms with Gasteiger partial charge in [-0.2, -0.15) is 0 Å². The Morgan fingerprint density at radius 3 is 2.80 bits per heavy atom. The van der Waals surface area contributed by atoms with E-state index in [0.29, 0.717) is 31.1 Å². The second-order valence-electron chi connectivity index (χ2n) is 6.52. The molecule has 0 bridgehead atoms. The summed E-state index contributed by atoms with van der Waals surface area (Å²) in [6, 6.07) is 15.3. The average Bonchev–Trinajstić information content (AvgIpc) is 2.74. The fraction of sp³-hybridized carbons (Fsp3) is 0.350. The van der Waals surface area contributed by atoms with E-state index in [1.54, 1.807) is 0 Å². The lowest BCUT2D eigenvalue weighted by molar-refractivity contribution is -0.123. The molecule has 2 N–H and O–H groups in total. The number of halogens is 1. The van der Waals surface area contributed by atoms with E-state index in [0.717, 1.165) is 16.7 Å². The van der Waals surface area contributed by atoms with Gasteiger partial charge in [0.05, 0.1) is 18.7 Å². The van der Waals surface area contributed by atoms with Crippen LogP contribution in [0.3, 0.4) is 0 Å². The summed E-state index contributed by atoms with van der Waals surface area (Å²) in [4.78, 5) is 14.5. The first-order valence-corrected chi connectivity index (χ1v) is 8.94. The van der Waals surface area contributed by atoms with Crippen molar-refractivity contribution in [3.05, 3.63) is 70.2 Å². The zero-order chi connectivity index (χ0) is 17.8. The van der Waals surface area contributed by atoms with E-state index in [1.807, 2.05) is 55.5 Å². The predicted octanol–water partition coefficient (Wildman–Crippen LogP) is 3.46. The van der Waals surface area contributed by atoms with E-state index >= 15 is 0 Å². The van der Waals surface area contributed by atoms with Gasteiger partial charge in [-0.05, 0) is 36.1 Å². The lowest BCUT2D eigenvalue weighted by atomic mass is 10.0. The van der Waals surface area contributed by atoms with Crippen molar-refractivity contribution in [2.24, 2.45) is 0 Å². The maximum Gasteiger partial charge on any atom is 0.234 e. The third-order valence-corrected chi connectivity index (χ3v) is 4.99. The normalized spacial score (nSPS) is 18.9. The molecule has 0 unspecified atom stereocenters. The number of rotatable bonds is 4. The van der Waals surface area contributed by atoms with E-state index in [4.69, 9.17) is 11.6 Å². The molecule has 1 heterocycles. The van der Waals surface area contributed by atoms with Crippen LogP contribution < -0.4 is 5.32 Å². The Morgan fingerprint density at radius 2 is 2.00 bits per heavy atom. The second-order valence-corrected chi connectivity index (χ2v) is 6.93. The number of hydrogen-bond acceptors (Lipinski definition) is 3. The molecular formula is C20H23ClN2O2. The SMILES string of the molecule is C[C@H](NC(=O)CN1CC[C@@H](O)c2ccccc2C1)c1ccccc1Cl. The van der Waals surface area contributed by atoms with Crippen LogP contribution >= 0.6 is 11.6 Å². The Hall–Kier alpha value is -1.88. The second kappa shape index (κ2) is 8.00. The Labute approximate surface area is 153 Å². The number of aliphatic hydroxyl groups excluding tert-OH is 1. The maximum atomic E-state index is 12.5. The number of carbonyl (C=O) groups is 1. The molecule has 0 aromatic heterocycles. The summed E-state index contributed by atoms with van der Waals surface area (Å²) in [7, 11) is 0. The monoisotopic (exact) mass is 358 g/mol. The van der Waals surface area contributed by atoms with Gasteiger partial charge in [-0.3, -0.25) is 9.69 Å². The van der Waals surface area contributed by atoms with Crippen LogP contribution in [0.25, 0.3) is 0 Å². The van der Waals surface area contributed by atoms with Gasteiger partial charge in [0.1, 0.15) is 0 Å². The molecule has 5 heteroatoms. The maximum absolute atomic E-state index is 12.5. The number of aliphatic hydroxyl groups is 1. The van der Waals surface area contributed by atoms with Gasteiger partial charge >= 0.3 is 0 Å². The van der Waals surface area contributed by atoms with Gasteiger partial charge in [0.25, 0.3) is 0 Å². The first kappa shape index (κ1) is 17.9. The van der Waals surface area contributed by atoms with Crippen molar-refractivity contribution in [3.8, 4) is 0 Å². The predicted molar refractivity (Wildman–Crippen MR) is 99.3 cm³/mol. The zero-order valence-corrected chi connectivity index (χ0v) is 15.0. The van der Waals surface area contributed by atoms with Crippen molar-refractivity contribution in [1.29, 1.82) is 0 Å². The average molecular weight is 359 g/mol. The molecule has 0 radical (unpaired) electrons. The van der Waals surface area contributed by atoms with Crippen LogP contribution in [0.5, 0.6) is 0 Å². The van der Waals surface area contributed by atoms with Crippen LogP contribution in [0, 0.1) is 0 Å². The smallest absolute Gasteiger partial charge is 0.234 e. The molecule has 25 heavy (non-hydrogen) atoms.